The van der Waals surface area contributed by atoms with Gasteiger partial charge < -0.3 is 9.47 Å². The number of rotatable bonds is 7. The highest BCUT2D eigenvalue weighted by Crippen LogP contribution is 2.27. The number of nitrogens with zero attached hydrogens (tertiary/aromatic N) is 1. The lowest BCUT2D eigenvalue weighted by atomic mass is 10.1. The van der Waals surface area contributed by atoms with Crippen LogP contribution in [0.1, 0.15) is 11.1 Å². The van der Waals surface area contributed by atoms with E-state index in [-0.39, 0.29) is 12.3 Å². The van der Waals surface area contributed by atoms with Gasteiger partial charge in [0.25, 0.3) is 0 Å². The van der Waals surface area contributed by atoms with Gasteiger partial charge in [0.05, 0.1) is 26.9 Å². The predicted molar refractivity (Wildman–Crippen MR) is 97.2 cm³/mol. The highest BCUT2D eigenvalue weighted by atomic mass is 32.2. The summed E-state index contributed by atoms with van der Waals surface area (Å²) >= 11 is 1.68. The van der Waals surface area contributed by atoms with Gasteiger partial charge in [0, 0.05) is 4.90 Å². The lowest BCUT2D eigenvalue weighted by molar-refractivity contribution is -0.120. The third-order valence-corrected chi connectivity index (χ3v) is 4.07. The Kier molecular flexibility index (Phi) is 6.69. The van der Waals surface area contributed by atoms with E-state index in [1.54, 1.807) is 44.3 Å². The number of carbonyl (C=O) groups is 1. The van der Waals surface area contributed by atoms with Gasteiger partial charge in [-0.1, -0.05) is 18.2 Å². The van der Waals surface area contributed by atoms with Crippen LogP contribution in [0.25, 0.3) is 0 Å². The van der Waals surface area contributed by atoms with Gasteiger partial charge in [-0.15, -0.1) is 11.8 Å². The fraction of sp³-hybridized carbons (Fsp3) is 0.222. The highest BCUT2D eigenvalue weighted by molar-refractivity contribution is 7.98. The standard InChI is InChI=1S/C18H20N2O3S/c1-22-16-9-6-14(10-17(16)23-2)11-18(21)20-19-12-13-4-7-15(24-3)8-5-13/h4-10,12H,11H2,1-3H3,(H,20,21)/b19-12-. The van der Waals surface area contributed by atoms with E-state index in [4.69, 9.17) is 9.47 Å². The zero-order chi connectivity index (χ0) is 17.4. The molecule has 0 aliphatic heterocycles. The summed E-state index contributed by atoms with van der Waals surface area (Å²) in [5.41, 5.74) is 4.28. The molecule has 1 amide bonds. The number of amides is 1. The topological polar surface area (TPSA) is 59.9 Å². The molecule has 0 radical (unpaired) electrons. The van der Waals surface area contributed by atoms with E-state index < -0.39 is 0 Å². The SMILES string of the molecule is COc1ccc(CC(=O)N/N=C\c2ccc(SC)cc2)cc1OC. The predicted octanol–water partition coefficient (Wildman–Crippen LogP) is 3.12. The van der Waals surface area contributed by atoms with E-state index in [0.29, 0.717) is 11.5 Å². The molecule has 0 fully saturated rings. The summed E-state index contributed by atoms with van der Waals surface area (Å²) in [6.45, 7) is 0. The second-order valence-corrected chi connectivity index (χ2v) is 5.81. The molecule has 0 saturated carbocycles. The molecule has 2 aromatic rings. The van der Waals surface area contributed by atoms with Gasteiger partial charge in [-0.2, -0.15) is 5.10 Å². The van der Waals surface area contributed by atoms with E-state index in [0.717, 1.165) is 11.1 Å². The van der Waals surface area contributed by atoms with Crippen LogP contribution >= 0.6 is 11.8 Å². The van der Waals surface area contributed by atoms with Crippen LogP contribution in [0.15, 0.2) is 52.5 Å². The fourth-order valence-corrected chi connectivity index (χ4v) is 2.49. The van der Waals surface area contributed by atoms with Crippen molar-refractivity contribution in [3.8, 4) is 11.5 Å². The van der Waals surface area contributed by atoms with Crippen molar-refractivity contribution in [3.05, 3.63) is 53.6 Å². The monoisotopic (exact) mass is 344 g/mol. The Morgan fingerprint density at radius 1 is 1.12 bits per heavy atom. The Bertz CT molecular complexity index is 715. The largest absolute Gasteiger partial charge is 0.493 e. The van der Waals surface area contributed by atoms with Crippen LogP contribution in [0.2, 0.25) is 0 Å². The molecule has 1 N–H and O–H groups in total. The summed E-state index contributed by atoms with van der Waals surface area (Å²) in [6.07, 6.45) is 3.86. The second kappa shape index (κ2) is 8.98. The van der Waals surface area contributed by atoms with Gasteiger partial charge in [0.15, 0.2) is 11.5 Å². The van der Waals surface area contributed by atoms with E-state index in [2.05, 4.69) is 10.5 Å². The van der Waals surface area contributed by atoms with Crippen LogP contribution < -0.4 is 14.9 Å². The molecule has 0 aromatic heterocycles. The molecule has 0 aliphatic rings. The van der Waals surface area contributed by atoms with Crippen LogP contribution in [0.3, 0.4) is 0 Å². The molecule has 2 aromatic carbocycles. The number of benzene rings is 2. The molecule has 0 heterocycles. The first-order chi connectivity index (χ1) is 11.7. The molecular formula is C18H20N2O3S. The second-order valence-electron chi connectivity index (χ2n) is 4.93. The average Bonchev–Trinajstić information content (AvgIpc) is 2.62. The molecule has 0 unspecified atom stereocenters. The molecule has 6 heteroatoms. The van der Waals surface area contributed by atoms with Crippen LogP contribution in [0, 0.1) is 0 Å². The van der Waals surface area contributed by atoms with Crippen LogP contribution in [-0.2, 0) is 11.2 Å². The molecule has 126 valence electrons. The summed E-state index contributed by atoms with van der Waals surface area (Å²) in [5.74, 6) is 1.03. The van der Waals surface area contributed by atoms with Crippen molar-refractivity contribution in [1.82, 2.24) is 5.43 Å². The molecule has 2 rings (SSSR count). The molecule has 24 heavy (non-hydrogen) atoms. The smallest absolute Gasteiger partial charge is 0.244 e. The van der Waals surface area contributed by atoms with Crippen molar-refractivity contribution in [2.45, 2.75) is 11.3 Å². The maximum absolute atomic E-state index is 12.0. The van der Waals surface area contributed by atoms with E-state index in [9.17, 15) is 4.79 Å². The van der Waals surface area contributed by atoms with Crippen molar-refractivity contribution in [1.29, 1.82) is 0 Å². The number of ether oxygens (including phenoxy) is 2. The van der Waals surface area contributed by atoms with Crippen molar-refractivity contribution >= 4 is 23.9 Å². The normalized spacial score (nSPS) is 10.6. The van der Waals surface area contributed by atoms with Crippen LogP contribution in [-0.4, -0.2) is 32.6 Å². The van der Waals surface area contributed by atoms with Crippen molar-refractivity contribution < 1.29 is 14.3 Å². The van der Waals surface area contributed by atoms with Gasteiger partial charge in [-0.05, 0) is 41.6 Å². The number of thioether (sulfide) groups is 1. The number of hydrogen-bond acceptors (Lipinski definition) is 5. The molecule has 0 bridgehead atoms. The summed E-state index contributed by atoms with van der Waals surface area (Å²) in [6, 6.07) is 13.3. The van der Waals surface area contributed by atoms with Gasteiger partial charge in [0.2, 0.25) is 5.91 Å². The number of carbonyl (C=O) groups excluding carboxylic acids is 1. The minimum Gasteiger partial charge on any atom is -0.493 e. The Labute approximate surface area is 146 Å². The average molecular weight is 344 g/mol. The minimum absolute atomic E-state index is 0.195. The Morgan fingerprint density at radius 3 is 2.46 bits per heavy atom. The summed E-state index contributed by atoms with van der Waals surface area (Å²) in [4.78, 5) is 13.1. The lowest BCUT2D eigenvalue weighted by Gasteiger charge is -2.09. The third-order valence-electron chi connectivity index (χ3n) is 3.33. The van der Waals surface area contributed by atoms with Crippen LogP contribution in [0.4, 0.5) is 0 Å². The first-order valence-corrected chi connectivity index (χ1v) is 8.55. The number of nitrogens with one attached hydrogen (secondary N) is 1. The third kappa shape index (κ3) is 5.03. The Balaban J connectivity index is 1.91. The number of hydrogen-bond donors (Lipinski definition) is 1. The van der Waals surface area contributed by atoms with Crippen molar-refractivity contribution in [2.24, 2.45) is 5.10 Å². The van der Waals surface area contributed by atoms with Gasteiger partial charge in [-0.3, -0.25) is 4.79 Å². The number of methoxy groups -OCH3 is 2. The van der Waals surface area contributed by atoms with Gasteiger partial charge >= 0.3 is 0 Å². The van der Waals surface area contributed by atoms with E-state index in [1.807, 2.05) is 36.6 Å². The quantitative estimate of drug-likeness (QED) is 0.476. The molecule has 0 saturated heterocycles. The Morgan fingerprint density at radius 2 is 1.83 bits per heavy atom. The molecule has 0 aliphatic carbocycles. The minimum atomic E-state index is -0.195. The zero-order valence-corrected chi connectivity index (χ0v) is 14.7. The first kappa shape index (κ1) is 17.9. The summed E-state index contributed by atoms with van der Waals surface area (Å²) in [5, 5.41) is 3.98. The highest BCUT2D eigenvalue weighted by Gasteiger charge is 2.07. The van der Waals surface area contributed by atoms with Crippen molar-refractivity contribution in [2.75, 3.05) is 20.5 Å². The lowest BCUT2D eigenvalue weighted by Crippen LogP contribution is -2.19. The van der Waals surface area contributed by atoms with Gasteiger partial charge in [-0.25, -0.2) is 5.43 Å². The molecular weight excluding hydrogens is 324 g/mol. The zero-order valence-electron chi connectivity index (χ0n) is 13.9. The summed E-state index contributed by atoms with van der Waals surface area (Å²) in [7, 11) is 3.14. The van der Waals surface area contributed by atoms with E-state index in [1.165, 1.54) is 4.90 Å². The molecule has 0 spiro atoms. The first-order valence-electron chi connectivity index (χ1n) is 7.33. The maximum atomic E-state index is 12.0. The van der Waals surface area contributed by atoms with Gasteiger partial charge in [0.1, 0.15) is 0 Å². The number of hydrazone groups is 1. The fourth-order valence-electron chi connectivity index (χ4n) is 2.08. The maximum Gasteiger partial charge on any atom is 0.244 e. The molecule has 5 nitrogen and oxygen atoms in total. The van der Waals surface area contributed by atoms with Crippen LogP contribution in [0.5, 0.6) is 11.5 Å². The molecule has 0 atom stereocenters. The summed E-state index contributed by atoms with van der Waals surface area (Å²) < 4.78 is 10.4. The Hall–Kier alpha value is -2.47. The van der Waals surface area contributed by atoms with Crippen molar-refractivity contribution in [3.63, 3.8) is 0 Å². The van der Waals surface area contributed by atoms with E-state index >= 15 is 0 Å².